The molecule has 0 saturated carbocycles. The zero-order chi connectivity index (χ0) is 15.8. The number of aliphatic hydroxyl groups excluding tert-OH is 1. The third kappa shape index (κ3) is 5.10. The summed E-state index contributed by atoms with van der Waals surface area (Å²) in [5.74, 6) is 0.488. The largest absolute Gasteiger partial charge is 0.493 e. The molecule has 1 unspecified atom stereocenters. The molecule has 0 aliphatic rings. The Morgan fingerprint density at radius 3 is 2.76 bits per heavy atom. The van der Waals surface area contributed by atoms with Crippen LogP contribution in [0.4, 0.5) is 0 Å². The quantitative estimate of drug-likeness (QED) is 0.723. The summed E-state index contributed by atoms with van der Waals surface area (Å²) >= 11 is 6.12. The van der Waals surface area contributed by atoms with E-state index in [2.05, 4.69) is 12.2 Å². The maximum absolute atomic E-state index is 11.9. The van der Waals surface area contributed by atoms with Crippen molar-refractivity contribution in [1.82, 2.24) is 5.32 Å². The topological polar surface area (TPSA) is 67.8 Å². The molecule has 0 aliphatic carbocycles. The van der Waals surface area contributed by atoms with Gasteiger partial charge in [0.2, 0.25) is 0 Å². The highest BCUT2D eigenvalue weighted by atomic mass is 35.5. The van der Waals surface area contributed by atoms with Crippen LogP contribution in [-0.4, -0.2) is 30.8 Å². The number of methoxy groups -OCH3 is 1. The van der Waals surface area contributed by atoms with Gasteiger partial charge in [-0.1, -0.05) is 24.9 Å². The fourth-order valence-corrected chi connectivity index (χ4v) is 2.02. The lowest BCUT2D eigenvalue weighted by Gasteiger charge is -2.18. The third-order valence-electron chi connectivity index (χ3n) is 2.97. The maximum atomic E-state index is 11.9. The van der Waals surface area contributed by atoms with Crippen molar-refractivity contribution >= 4 is 17.5 Å². The summed E-state index contributed by atoms with van der Waals surface area (Å²) in [6.45, 7) is 4.18. The highest BCUT2D eigenvalue weighted by molar-refractivity contribution is 6.32. The van der Waals surface area contributed by atoms with Gasteiger partial charge in [-0.2, -0.15) is 0 Å². The summed E-state index contributed by atoms with van der Waals surface area (Å²) in [6.07, 6.45) is 1.25. The molecular weight excluding hydrogens is 294 g/mol. The van der Waals surface area contributed by atoms with E-state index < -0.39 is 6.10 Å². The summed E-state index contributed by atoms with van der Waals surface area (Å²) in [4.78, 5) is 11.9. The Morgan fingerprint density at radius 1 is 1.48 bits per heavy atom. The molecule has 0 saturated heterocycles. The molecule has 21 heavy (non-hydrogen) atoms. The van der Waals surface area contributed by atoms with E-state index in [0.717, 1.165) is 12.8 Å². The Hall–Kier alpha value is -1.46. The molecule has 0 spiro atoms. The number of amides is 1. The van der Waals surface area contributed by atoms with Crippen LogP contribution in [0.25, 0.3) is 0 Å². The molecule has 1 rings (SSSR count). The number of aliphatic hydroxyl groups is 1. The Kier molecular flexibility index (Phi) is 7.32. The lowest BCUT2D eigenvalue weighted by atomic mass is 10.2. The van der Waals surface area contributed by atoms with E-state index in [1.807, 2.05) is 0 Å². The van der Waals surface area contributed by atoms with Crippen LogP contribution >= 0.6 is 11.6 Å². The van der Waals surface area contributed by atoms with Crippen molar-refractivity contribution in [3.05, 3.63) is 22.7 Å². The van der Waals surface area contributed by atoms with E-state index in [0.29, 0.717) is 28.6 Å². The van der Waals surface area contributed by atoms with Gasteiger partial charge in [0.15, 0.2) is 17.6 Å². The van der Waals surface area contributed by atoms with Gasteiger partial charge in [-0.3, -0.25) is 4.79 Å². The summed E-state index contributed by atoms with van der Waals surface area (Å²) in [5.41, 5.74) is 0.615. The second kappa shape index (κ2) is 8.74. The van der Waals surface area contributed by atoms with Crippen LogP contribution in [0.15, 0.2) is 12.1 Å². The summed E-state index contributed by atoms with van der Waals surface area (Å²) < 4.78 is 10.8. The SMILES string of the molecule is CCCCNC(=O)C(C)Oc1c(Cl)cc(CO)cc1OC. The molecule has 2 N–H and O–H groups in total. The molecule has 0 fully saturated rings. The zero-order valence-electron chi connectivity index (χ0n) is 12.6. The molecule has 0 aliphatic heterocycles. The van der Waals surface area contributed by atoms with Gasteiger partial charge in [-0.15, -0.1) is 0 Å². The number of hydrogen-bond acceptors (Lipinski definition) is 4. The number of ether oxygens (including phenoxy) is 2. The van der Waals surface area contributed by atoms with Crippen molar-refractivity contribution in [2.24, 2.45) is 0 Å². The lowest BCUT2D eigenvalue weighted by Crippen LogP contribution is -2.36. The van der Waals surface area contributed by atoms with Gasteiger partial charge in [0.1, 0.15) is 0 Å². The first-order valence-electron chi connectivity index (χ1n) is 6.95. The van der Waals surface area contributed by atoms with Gasteiger partial charge in [-0.05, 0) is 31.0 Å². The highest BCUT2D eigenvalue weighted by Gasteiger charge is 2.19. The van der Waals surface area contributed by atoms with E-state index in [1.54, 1.807) is 19.1 Å². The summed E-state index contributed by atoms with van der Waals surface area (Å²) in [7, 11) is 1.48. The van der Waals surface area contributed by atoms with Crippen LogP contribution in [0, 0.1) is 0 Å². The van der Waals surface area contributed by atoms with Gasteiger partial charge in [0.25, 0.3) is 5.91 Å². The van der Waals surface area contributed by atoms with Gasteiger partial charge >= 0.3 is 0 Å². The first-order valence-corrected chi connectivity index (χ1v) is 7.32. The van der Waals surface area contributed by atoms with Gasteiger partial charge in [0.05, 0.1) is 18.7 Å². The number of benzene rings is 1. The predicted molar refractivity (Wildman–Crippen MR) is 81.9 cm³/mol. The lowest BCUT2D eigenvalue weighted by molar-refractivity contribution is -0.127. The van der Waals surface area contributed by atoms with E-state index in [9.17, 15) is 4.79 Å². The number of unbranched alkanes of at least 4 members (excludes halogenated alkanes) is 1. The second-order valence-corrected chi connectivity index (χ2v) is 5.08. The maximum Gasteiger partial charge on any atom is 0.260 e. The van der Waals surface area contributed by atoms with Gasteiger partial charge < -0.3 is 19.9 Å². The number of carbonyl (C=O) groups excluding carboxylic acids is 1. The number of halogens is 1. The van der Waals surface area contributed by atoms with Crippen molar-refractivity contribution in [2.45, 2.75) is 39.4 Å². The Labute approximate surface area is 130 Å². The Bertz CT molecular complexity index is 479. The minimum atomic E-state index is -0.687. The summed E-state index contributed by atoms with van der Waals surface area (Å²) in [5, 5.41) is 12.2. The molecule has 1 atom stereocenters. The van der Waals surface area contributed by atoms with Crippen LogP contribution in [0.3, 0.4) is 0 Å². The first-order chi connectivity index (χ1) is 10.0. The van der Waals surface area contributed by atoms with E-state index in [4.69, 9.17) is 26.2 Å². The van der Waals surface area contributed by atoms with Crippen LogP contribution in [0.1, 0.15) is 32.3 Å². The molecule has 0 aromatic heterocycles. The van der Waals surface area contributed by atoms with Crippen molar-refractivity contribution < 1.29 is 19.4 Å². The van der Waals surface area contributed by atoms with E-state index >= 15 is 0 Å². The molecule has 0 heterocycles. The molecule has 0 radical (unpaired) electrons. The zero-order valence-corrected chi connectivity index (χ0v) is 13.4. The van der Waals surface area contributed by atoms with Crippen molar-refractivity contribution in [3.63, 3.8) is 0 Å². The highest BCUT2D eigenvalue weighted by Crippen LogP contribution is 2.37. The van der Waals surface area contributed by atoms with Gasteiger partial charge in [-0.25, -0.2) is 0 Å². The van der Waals surface area contributed by atoms with Crippen molar-refractivity contribution in [1.29, 1.82) is 0 Å². The monoisotopic (exact) mass is 315 g/mol. The minimum Gasteiger partial charge on any atom is -0.493 e. The fraction of sp³-hybridized carbons (Fsp3) is 0.533. The predicted octanol–water partition coefficient (Wildman–Crippen LogP) is 2.52. The third-order valence-corrected chi connectivity index (χ3v) is 3.25. The average molecular weight is 316 g/mol. The Morgan fingerprint density at radius 2 is 2.19 bits per heavy atom. The smallest absolute Gasteiger partial charge is 0.260 e. The van der Waals surface area contributed by atoms with Crippen LogP contribution in [-0.2, 0) is 11.4 Å². The summed E-state index contributed by atoms with van der Waals surface area (Å²) in [6, 6.07) is 3.21. The standard InChI is InChI=1S/C15H22ClNO4/c1-4-5-6-17-15(19)10(2)21-14-12(16)7-11(9-18)8-13(14)20-3/h7-8,10,18H,4-6,9H2,1-3H3,(H,17,19). The molecule has 1 aromatic carbocycles. The van der Waals surface area contributed by atoms with Crippen LogP contribution < -0.4 is 14.8 Å². The van der Waals surface area contributed by atoms with Crippen LogP contribution in [0.2, 0.25) is 5.02 Å². The molecule has 1 amide bonds. The van der Waals surface area contributed by atoms with Crippen LogP contribution in [0.5, 0.6) is 11.5 Å². The number of hydrogen-bond donors (Lipinski definition) is 2. The molecule has 1 aromatic rings. The minimum absolute atomic E-state index is 0.149. The Balaban J connectivity index is 2.79. The molecule has 118 valence electrons. The fourth-order valence-electron chi connectivity index (χ4n) is 1.74. The normalized spacial score (nSPS) is 11.9. The second-order valence-electron chi connectivity index (χ2n) is 4.67. The number of nitrogens with one attached hydrogen (secondary N) is 1. The number of carbonyl (C=O) groups is 1. The molecular formula is C15H22ClNO4. The van der Waals surface area contributed by atoms with Crippen molar-refractivity contribution in [2.75, 3.05) is 13.7 Å². The van der Waals surface area contributed by atoms with E-state index in [-0.39, 0.29) is 12.5 Å². The number of rotatable bonds is 8. The van der Waals surface area contributed by atoms with E-state index in [1.165, 1.54) is 7.11 Å². The van der Waals surface area contributed by atoms with Crippen molar-refractivity contribution in [3.8, 4) is 11.5 Å². The molecule has 6 heteroatoms. The molecule has 0 bridgehead atoms. The molecule has 5 nitrogen and oxygen atoms in total. The first kappa shape index (κ1) is 17.6. The van der Waals surface area contributed by atoms with Gasteiger partial charge in [0, 0.05) is 6.54 Å². The average Bonchev–Trinajstić information content (AvgIpc) is 2.48.